The van der Waals surface area contributed by atoms with Crippen LogP contribution < -0.4 is 5.32 Å². The fraction of sp³-hybridized carbons (Fsp3) is 0.625. The van der Waals surface area contributed by atoms with Crippen LogP contribution in [0.1, 0.15) is 38.7 Å². The third-order valence-corrected chi connectivity index (χ3v) is 4.56. The molecule has 1 aromatic carbocycles. The van der Waals surface area contributed by atoms with Gasteiger partial charge in [-0.25, -0.2) is 0 Å². The van der Waals surface area contributed by atoms with Crippen molar-refractivity contribution in [1.29, 1.82) is 0 Å². The molecule has 1 aliphatic rings. The molecule has 1 N–H and O–H groups in total. The molecule has 1 aliphatic heterocycles. The van der Waals surface area contributed by atoms with Gasteiger partial charge in [0, 0.05) is 36.2 Å². The van der Waals surface area contributed by atoms with Crippen LogP contribution in [-0.4, -0.2) is 30.1 Å². The number of hydrogen-bond donors (Lipinski definition) is 1. The standard InChI is InChI=1S/C16H25BrN2/c1-3-5-16-10-18-15(4-2)12-19(16)11-13-6-8-14(17)9-7-13/h6-9,15-16,18H,3-5,10-12H2,1-2H3. The van der Waals surface area contributed by atoms with E-state index in [4.69, 9.17) is 0 Å². The van der Waals surface area contributed by atoms with Crippen LogP contribution in [0.2, 0.25) is 0 Å². The van der Waals surface area contributed by atoms with Gasteiger partial charge in [-0.05, 0) is 30.5 Å². The highest BCUT2D eigenvalue weighted by molar-refractivity contribution is 9.10. The summed E-state index contributed by atoms with van der Waals surface area (Å²) in [5.41, 5.74) is 1.42. The molecule has 0 radical (unpaired) electrons. The van der Waals surface area contributed by atoms with Gasteiger partial charge in [0.25, 0.3) is 0 Å². The van der Waals surface area contributed by atoms with Crippen LogP contribution in [0.3, 0.4) is 0 Å². The van der Waals surface area contributed by atoms with Crippen molar-refractivity contribution in [2.75, 3.05) is 13.1 Å². The molecule has 0 aliphatic carbocycles. The van der Waals surface area contributed by atoms with Crippen LogP contribution >= 0.6 is 15.9 Å². The number of nitrogens with one attached hydrogen (secondary N) is 1. The lowest BCUT2D eigenvalue weighted by Crippen LogP contribution is -2.55. The molecule has 2 atom stereocenters. The molecule has 19 heavy (non-hydrogen) atoms. The molecule has 0 saturated carbocycles. The Balaban J connectivity index is 2.02. The molecular weight excluding hydrogens is 300 g/mol. The lowest BCUT2D eigenvalue weighted by Gasteiger charge is -2.40. The van der Waals surface area contributed by atoms with Crippen LogP contribution in [0.4, 0.5) is 0 Å². The van der Waals surface area contributed by atoms with Crippen LogP contribution in [0.5, 0.6) is 0 Å². The maximum Gasteiger partial charge on any atom is 0.0237 e. The Labute approximate surface area is 125 Å². The van der Waals surface area contributed by atoms with Crippen LogP contribution in [0, 0.1) is 0 Å². The average Bonchev–Trinajstić information content (AvgIpc) is 2.43. The zero-order valence-electron chi connectivity index (χ0n) is 12.0. The molecule has 0 aromatic heterocycles. The summed E-state index contributed by atoms with van der Waals surface area (Å²) in [4.78, 5) is 2.66. The van der Waals surface area contributed by atoms with Gasteiger partial charge in [-0.1, -0.05) is 48.3 Å². The predicted molar refractivity (Wildman–Crippen MR) is 85.3 cm³/mol. The number of benzene rings is 1. The highest BCUT2D eigenvalue weighted by Crippen LogP contribution is 2.18. The average molecular weight is 325 g/mol. The molecule has 1 heterocycles. The quantitative estimate of drug-likeness (QED) is 0.886. The molecule has 2 nitrogen and oxygen atoms in total. The number of piperazine rings is 1. The van der Waals surface area contributed by atoms with Crippen molar-refractivity contribution < 1.29 is 0 Å². The van der Waals surface area contributed by atoms with Gasteiger partial charge in [-0.3, -0.25) is 4.90 Å². The topological polar surface area (TPSA) is 15.3 Å². The van der Waals surface area contributed by atoms with E-state index in [2.05, 4.69) is 64.3 Å². The first-order valence-electron chi connectivity index (χ1n) is 7.44. The molecule has 1 fully saturated rings. The zero-order valence-corrected chi connectivity index (χ0v) is 13.6. The third kappa shape index (κ3) is 4.30. The first kappa shape index (κ1) is 15.0. The Morgan fingerprint density at radius 1 is 1.26 bits per heavy atom. The van der Waals surface area contributed by atoms with Crippen molar-refractivity contribution in [3.05, 3.63) is 34.3 Å². The van der Waals surface area contributed by atoms with E-state index in [9.17, 15) is 0 Å². The molecule has 1 aromatic rings. The van der Waals surface area contributed by atoms with E-state index in [0.29, 0.717) is 12.1 Å². The summed E-state index contributed by atoms with van der Waals surface area (Å²) in [7, 11) is 0. The number of hydrogen-bond acceptors (Lipinski definition) is 2. The fourth-order valence-electron chi connectivity index (χ4n) is 2.84. The third-order valence-electron chi connectivity index (χ3n) is 4.03. The van der Waals surface area contributed by atoms with Crippen LogP contribution in [-0.2, 0) is 6.54 Å². The molecular formula is C16H25BrN2. The maximum absolute atomic E-state index is 3.68. The summed E-state index contributed by atoms with van der Waals surface area (Å²) in [5, 5.41) is 3.68. The minimum atomic E-state index is 0.656. The second-order valence-corrected chi connectivity index (χ2v) is 6.43. The fourth-order valence-corrected chi connectivity index (χ4v) is 3.10. The first-order valence-corrected chi connectivity index (χ1v) is 8.24. The minimum absolute atomic E-state index is 0.656. The summed E-state index contributed by atoms with van der Waals surface area (Å²) in [5.74, 6) is 0. The van der Waals surface area contributed by atoms with Crippen molar-refractivity contribution in [3.8, 4) is 0 Å². The second kappa shape index (κ2) is 7.41. The van der Waals surface area contributed by atoms with Crippen molar-refractivity contribution in [3.63, 3.8) is 0 Å². The first-order chi connectivity index (χ1) is 9.22. The predicted octanol–water partition coefficient (Wildman–Crippen LogP) is 3.80. The van der Waals surface area contributed by atoms with Gasteiger partial charge in [0.2, 0.25) is 0 Å². The number of halogens is 1. The van der Waals surface area contributed by atoms with Gasteiger partial charge in [0.05, 0.1) is 0 Å². The van der Waals surface area contributed by atoms with E-state index in [1.165, 1.54) is 31.4 Å². The van der Waals surface area contributed by atoms with E-state index < -0.39 is 0 Å². The highest BCUT2D eigenvalue weighted by atomic mass is 79.9. The van der Waals surface area contributed by atoms with Crippen molar-refractivity contribution >= 4 is 15.9 Å². The van der Waals surface area contributed by atoms with E-state index in [1.807, 2.05) is 0 Å². The van der Waals surface area contributed by atoms with Gasteiger partial charge >= 0.3 is 0 Å². The second-order valence-electron chi connectivity index (χ2n) is 5.51. The summed E-state index contributed by atoms with van der Waals surface area (Å²) < 4.78 is 1.16. The largest absolute Gasteiger partial charge is 0.311 e. The van der Waals surface area contributed by atoms with Crippen LogP contribution in [0.25, 0.3) is 0 Å². The highest BCUT2D eigenvalue weighted by Gasteiger charge is 2.26. The minimum Gasteiger partial charge on any atom is -0.311 e. The lowest BCUT2D eigenvalue weighted by molar-refractivity contribution is 0.113. The summed E-state index contributed by atoms with van der Waals surface area (Å²) in [6, 6.07) is 10.1. The summed E-state index contributed by atoms with van der Waals surface area (Å²) >= 11 is 3.50. The van der Waals surface area contributed by atoms with Crippen LogP contribution in [0.15, 0.2) is 28.7 Å². The molecule has 0 bridgehead atoms. The van der Waals surface area contributed by atoms with E-state index >= 15 is 0 Å². The van der Waals surface area contributed by atoms with Gasteiger partial charge in [-0.2, -0.15) is 0 Å². The van der Waals surface area contributed by atoms with Crippen molar-refractivity contribution in [2.24, 2.45) is 0 Å². The summed E-state index contributed by atoms with van der Waals surface area (Å²) in [6.07, 6.45) is 3.77. The van der Waals surface area contributed by atoms with Gasteiger partial charge < -0.3 is 5.32 Å². The van der Waals surface area contributed by atoms with Gasteiger partial charge in [-0.15, -0.1) is 0 Å². The molecule has 2 unspecified atom stereocenters. The summed E-state index contributed by atoms with van der Waals surface area (Å²) in [6.45, 7) is 7.95. The Hall–Kier alpha value is -0.380. The molecule has 2 rings (SSSR count). The molecule has 1 saturated heterocycles. The SMILES string of the molecule is CCCC1CNC(CC)CN1Cc1ccc(Br)cc1. The molecule has 0 spiro atoms. The normalized spacial score (nSPS) is 24.6. The number of rotatable bonds is 5. The van der Waals surface area contributed by atoms with Gasteiger partial charge in [0.1, 0.15) is 0 Å². The zero-order chi connectivity index (χ0) is 13.7. The van der Waals surface area contributed by atoms with E-state index in [0.717, 1.165) is 17.6 Å². The molecule has 106 valence electrons. The maximum atomic E-state index is 3.68. The smallest absolute Gasteiger partial charge is 0.0237 e. The molecule has 0 amide bonds. The van der Waals surface area contributed by atoms with Crippen molar-refractivity contribution in [1.82, 2.24) is 10.2 Å². The Morgan fingerprint density at radius 3 is 2.63 bits per heavy atom. The van der Waals surface area contributed by atoms with Crippen molar-refractivity contribution in [2.45, 2.75) is 51.7 Å². The Kier molecular flexibility index (Phi) is 5.86. The Morgan fingerprint density at radius 2 is 2.00 bits per heavy atom. The van der Waals surface area contributed by atoms with E-state index in [-0.39, 0.29) is 0 Å². The Bertz CT molecular complexity index is 377. The van der Waals surface area contributed by atoms with E-state index in [1.54, 1.807) is 0 Å². The lowest BCUT2D eigenvalue weighted by atomic mass is 10.0. The number of nitrogens with zero attached hydrogens (tertiary/aromatic N) is 1. The van der Waals surface area contributed by atoms with Gasteiger partial charge in [0.15, 0.2) is 0 Å². The molecule has 3 heteroatoms. The monoisotopic (exact) mass is 324 g/mol.